The van der Waals surface area contributed by atoms with E-state index in [0.717, 1.165) is 29.0 Å². The zero-order valence-corrected chi connectivity index (χ0v) is 17.7. The van der Waals surface area contributed by atoms with Crippen molar-refractivity contribution in [1.82, 2.24) is 24.6 Å². The average Bonchev–Trinajstić information content (AvgIpc) is 3.54. The number of hydrogen-bond donors (Lipinski definition) is 0. The molecule has 7 nitrogen and oxygen atoms in total. The normalized spacial score (nSPS) is 13.4. The van der Waals surface area contributed by atoms with E-state index in [0.29, 0.717) is 17.9 Å². The van der Waals surface area contributed by atoms with Gasteiger partial charge in [0.1, 0.15) is 5.82 Å². The van der Waals surface area contributed by atoms with Crippen LogP contribution < -0.4 is 9.47 Å². The predicted molar refractivity (Wildman–Crippen MR) is 110 cm³/mol. The smallest absolute Gasteiger partial charge is 0.419 e. The van der Waals surface area contributed by atoms with Crippen molar-refractivity contribution in [3.05, 3.63) is 65.9 Å². The monoisotopic (exact) mass is 461 g/mol. The van der Waals surface area contributed by atoms with E-state index in [2.05, 4.69) is 26.1 Å². The predicted octanol–water partition coefficient (Wildman–Crippen LogP) is 4.93. The second kappa shape index (κ2) is 9.00. The van der Waals surface area contributed by atoms with Crippen molar-refractivity contribution >= 4 is 5.65 Å². The molecule has 33 heavy (non-hydrogen) atoms. The maximum Gasteiger partial charge on any atom is 0.419 e. The first-order valence-electron chi connectivity index (χ1n) is 9.93. The van der Waals surface area contributed by atoms with Crippen LogP contribution in [0.2, 0.25) is 0 Å². The molecule has 1 fully saturated rings. The highest BCUT2D eigenvalue weighted by molar-refractivity contribution is 5.67. The summed E-state index contributed by atoms with van der Waals surface area (Å²) < 4.78 is 60.0. The third-order valence-corrected chi connectivity index (χ3v) is 4.97. The fourth-order valence-corrected chi connectivity index (χ4v) is 3.24. The molecule has 1 aliphatic rings. The zero-order chi connectivity index (χ0) is 23.6. The SMILES string of the molecule is COc1ncc(-c2cc(C3CC3)c3nccn3n2)c(OC)n1.Fc1ccccc1C(F)(F)F. The Morgan fingerprint density at radius 1 is 1.06 bits per heavy atom. The first kappa shape index (κ1) is 22.4. The fourth-order valence-electron chi connectivity index (χ4n) is 3.24. The number of imidazole rings is 1. The van der Waals surface area contributed by atoms with E-state index in [1.54, 1.807) is 24.0 Å². The van der Waals surface area contributed by atoms with Gasteiger partial charge in [0.05, 0.1) is 31.0 Å². The topological polar surface area (TPSA) is 74.4 Å². The Kier molecular flexibility index (Phi) is 6.12. The number of nitrogens with zero attached hydrogens (tertiary/aromatic N) is 5. The van der Waals surface area contributed by atoms with Crippen LogP contribution in [0.3, 0.4) is 0 Å². The summed E-state index contributed by atoms with van der Waals surface area (Å²) in [6.07, 6.45) is 3.09. The second-order valence-electron chi connectivity index (χ2n) is 7.21. The molecule has 0 amide bonds. The van der Waals surface area contributed by atoms with Gasteiger partial charge in [0.15, 0.2) is 5.65 Å². The number of rotatable bonds is 4. The second-order valence-corrected chi connectivity index (χ2v) is 7.21. The Bertz CT molecular complexity index is 1270. The van der Waals surface area contributed by atoms with E-state index >= 15 is 0 Å². The molecule has 0 radical (unpaired) electrons. The summed E-state index contributed by atoms with van der Waals surface area (Å²) in [7, 11) is 3.10. The first-order valence-corrected chi connectivity index (χ1v) is 9.93. The molecule has 0 aliphatic heterocycles. The molecule has 0 spiro atoms. The molecule has 1 aliphatic carbocycles. The van der Waals surface area contributed by atoms with E-state index in [1.807, 2.05) is 6.20 Å². The first-order chi connectivity index (χ1) is 15.8. The van der Waals surface area contributed by atoms with Gasteiger partial charge in [-0.05, 0) is 37.0 Å². The minimum absolute atomic E-state index is 0.270. The minimum atomic E-state index is -4.59. The number of hydrogen-bond acceptors (Lipinski definition) is 6. The molecule has 11 heteroatoms. The third-order valence-electron chi connectivity index (χ3n) is 4.97. The quantitative estimate of drug-likeness (QED) is 0.402. The van der Waals surface area contributed by atoms with Gasteiger partial charge in [-0.25, -0.2) is 18.9 Å². The van der Waals surface area contributed by atoms with Crippen LogP contribution in [0.15, 0.2) is 48.9 Å². The number of aromatic nitrogens is 5. The zero-order valence-electron chi connectivity index (χ0n) is 17.7. The Morgan fingerprint density at radius 3 is 2.42 bits per heavy atom. The Hall–Kier alpha value is -3.76. The molecule has 1 aromatic carbocycles. The highest BCUT2D eigenvalue weighted by atomic mass is 19.4. The van der Waals surface area contributed by atoms with Crippen molar-refractivity contribution < 1.29 is 27.0 Å². The number of benzene rings is 1. The summed E-state index contributed by atoms with van der Waals surface area (Å²) in [5.74, 6) is -0.225. The van der Waals surface area contributed by atoms with Gasteiger partial charge in [0.2, 0.25) is 5.88 Å². The van der Waals surface area contributed by atoms with E-state index in [4.69, 9.17) is 9.47 Å². The lowest BCUT2D eigenvalue weighted by Crippen LogP contribution is -2.07. The summed E-state index contributed by atoms with van der Waals surface area (Å²) in [5, 5.41) is 4.59. The Labute approximate surface area is 186 Å². The van der Waals surface area contributed by atoms with Gasteiger partial charge < -0.3 is 9.47 Å². The van der Waals surface area contributed by atoms with Crippen molar-refractivity contribution in [2.24, 2.45) is 0 Å². The Balaban J connectivity index is 0.000000200. The van der Waals surface area contributed by atoms with E-state index in [1.165, 1.54) is 31.6 Å². The molecular weight excluding hydrogens is 442 g/mol. The fraction of sp³-hybridized carbons (Fsp3) is 0.273. The van der Waals surface area contributed by atoms with Crippen LogP contribution >= 0.6 is 0 Å². The van der Waals surface area contributed by atoms with Crippen LogP contribution in [0, 0.1) is 5.82 Å². The van der Waals surface area contributed by atoms with E-state index in [9.17, 15) is 17.6 Å². The van der Waals surface area contributed by atoms with Crippen LogP contribution in [-0.4, -0.2) is 38.8 Å². The number of methoxy groups -OCH3 is 2. The minimum Gasteiger partial charge on any atom is -0.480 e. The van der Waals surface area contributed by atoms with Gasteiger partial charge in [0, 0.05) is 24.2 Å². The molecule has 172 valence electrons. The lowest BCUT2D eigenvalue weighted by molar-refractivity contribution is -0.140. The molecule has 1 saturated carbocycles. The maximum atomic E-state index is 12.4. The lowest BCUT2D eigenvalue weighted by Gasteiger charge is -2.10. The Morgan fingerprint density at radius 2 is 1.82 bits per heavy atom. The van der Waals surface area contributed by atoms with Crippen molar-refractivity contribution in [3.8, 4) is 23.1 Å². The number of ether oxygens (including phenoxy) is 2. The molecule has 3 heterocycles. The standard InChI is InChI=1S/C15H15N5O2.C7H4F4/c1-21-14-11(8-17-15(18-14)22-2)12-7-10(9-3-4-9)13-16-5-6-20(13)19-12;8-6-4-2-1-3-5(6)7(9,10)11/h5-9H,3-4H2,1-2H3;1-4H. The van der Waals surface area contributed by atoms with Crippen molar-refractivity contribution in [2.75, 3.05) is 14.2 Å². The average molecular weight is 461 g/mol. The summed E-state index contributed by atoms with van der Waals surface area (Å²) in [6, 6.07) is 6.18. The summed E-state index contributed by atoms with van der Waals surface area (Å²) >= 11 is 0. The molecule has 0 N–H and O–H groups in total. The van der Waals surface area contributed by atoms with Crippen LogP contribution in [0.25, 0.3) is 16.9 Å². The molecule has 0 atom stereocenters. The summed E-state index contributed by atoms with van der Waals surface area (Å²) in [4.78, 5) is 12.8. The van der Waals surface area contributed by atoms with Crippen LogP contribution in [0.4, 0.5) is 17.6 Å². The number of alkyl halides is 3. The highest BCUT2D eigenvalue weighted by Crippen LogP contribution is 2.43. The summed E-state index contributed by atoms with van der Waals surface area (Å²) in [6.45, 7) is 0. The van der Waals surface area contributed by atoms with E-state index in [-0.39, 0.29) is 6.01 Å². The maximum absolute atomic E-state index is 12.4. The van der Waals surface area contributed by atoms with Gasteiger partial charge in [0.25, 0.3) is 0 Å². The molecule has 0 bridgehead atoms. The molecule has 0 unspecified atom stereocenters. The number of fused-ring (bicyclic) bond motifs is 1. The van der Waals surface area contributed by atoms with Gasteiger partial charge in [-0.15, -0.1) is 0 Å². The summed E-state index contributed by atoms with van der Waals surface area (Å²) in [5.41, 5.74) is 2.42. The number of halogens is 4. The molecule has 4 aromatic rings. The van der Waals surface area contributed by atoms with Gasteiger partial charge in [-0.3, -0.25) is 0 Å². The van der Waals surface area contributed by atoms with Crippen molar-refractivity contribution in [3.63, 3.8) is 0 Å². The van der Waals surface area contributed by atoms with E-state index < -0.39 is 17.6 Å². The third kappa shape index (κ3) is 4.86. The lowest BCUT2D eigenvalue weighted by atomic mass is 10.1. The molecule has 0 saturated heterocycles. The molecule has 5 rings (SSSR count). The van der Waals surface area contributed by atoms with Crippen molar-refractivity contribution in [1.29, 1.82) is 0 Å². The van der Waals surface area contributed by atoms with Crippen LogP contribution in [0.5, 0.6) is 11.9 Å². The molecular formula is C22H19F4N5O2. The highest BCUT2D eigenvalue weighted by Gasteiger charge is 2.33. The molecule has 3 aromatic heterocycles. The van der Waals surface area contributed by atoms with Crippen molar-refractivity contribution in [2.45, 2.75) is 24.9 Å². The van der Waals surface area contributed by atoms with Crippen LogP contribution in [0.1, 0.15) is 29.9 Å². The largest absolute Gasteiger partial charge is 0.480 e. The van der Waals surface area contributed by atoms with Crippen LogP contribution in [-0.2, 0) is 6.18 Å². The van der Waals surface area contributed by atoms with Gasteiger partial charge >= 0.3 is 12.2 Å². The van der Waals surface area contributed by atoms with Gasteiger partial charge in [-0.1, -0.05) is 12.1 Å². The van der Waals surface area contributed by atoms with Gasteiger partial charge in [-0.2, -0.15) is 23.3 Å².